The van der Waals surface area contributed by atoms with Crippen LogP contribution in [-0.2, 0) is 6.42 Å². The molecule has 1 aliphatic rings. The van der Waals surface area contributed by atoms with E-state index in [0.29, 0.717) is 0 Å². The first-order chi connectivity index (χ1) is 5.38. The lowest BCUT2D eigenvalue weighted by Gasteiger charge is -2.19. The largest absolute Gasteiger partial charge is 0.388 e. The van der Waals surface area contributed by atoms with Gasteiger partial charge in [-0.3, -0.25) is 4.98 Å². The zero-order chi connectivity index (χ0) is 7.68. The first-order valence-corrected chi connectivity index (χ1v) is 3.99. The van der Waals surface area contributed by atoms with Gasteiger partial charge in [-0.15, -0.1) is 0 Å². The van der Waals surface area contributed by atoms with E-state index in [9.17, 15) is 5.11 Å². The minimum atomic E-state index is -0.271. The van der Waals surface area contributed by atoms with E-state index in [1.807, 2.05) is 6.07 Å². The van der Waals surface area contributed by atoms with Crippen LogP contribution in [0.3, 0.4) is 0 Å². The van der Waals surface area contributed by atoms with Crippen LogP contribution >= 0.6 is 0 Å². The summed E-state index contributed by atoms with van der Waals surface area (Å²) < 4.78 is 0. The maximum atomic E-state index is 9.52. The summed E-state index contributed by atoms with van der Waals surface area (Å²) in [6, 6.07) is 2.00. The normalized spacial score (nSPS) is 22.8. The predicted octanol–water partition coefficient (Wildman–Crippen LogP) is 1.45. The monoisotopic (exact) mass is 149 g/mol. The molecule has 1 aliphatic carbocycles. The van der Waals surface area contributed by atoms with E-state index in [1.54, 1.807) is 12.4 Å². The number of hydrogen-bond acceptors (Lipinski definition) is 2. The Hall–Kier alpha value is -0.890. The summed E-state index contributed by atoms with van der Waals surface area (Å²) in [5.41, 5.74) is 2.29. The van der Waals surface area contributed by atoms with Crippen LogP contribution in [0.2, 0.25) is 0 Å². The fourth-order valence-electron chi connectivity index (χ4n) is 1.60. The number of aromatic nitrogens is 1. The number of hydrogen-bond donors (Lipinski definition) is 1. The second-order valence-electron chi connectivity index (χ2n) is 2.98. The molecule has 0 bridgehead atoms. The molecule has 2 rings (SSSR count). The van der Waals surface area contributed by atoms with E-state index >= 15 is 0 Å². The molecule has 0 saturated heterocycles. The van der Waals surface area contributed by atoms with E-state index in [4.69, 9.17) is 0 Å². The molecule has 1 atom stereocenters. The minimum Gasteiger partial charge on any atom is -0.388 e. The molecule has 11 heavy (non-hydrogen) atoms. The van der Waals surface area contributed by atoms with E-state index in [-0.39, 0.29) is 6.10 Å². The summed E-state index contributed by atoms with van der Waals surface area (Å²) in [5.74, 6) is 0. The van der Waals surface area contributed by atoms with E-state index in [1.165, 1.54) is 5.56 Å². The Balaban J connectivity index is 2.44. The summed E-state index contributed by atoms with van der Waals surface area (Å²) in [4.78, 5) is 3.99. The average Bonchev–Trinajstić information content (AvgIpc) is 2.06. The minimum absolute atomic E-state index is 0.271. The first kappa shape index (κ1) is 6.80. The maximum absolute atomic E-state index is 9.52. The van der Waals surface area contributed by atoms with Gasteiger partial charge < -0.3 is 5.11 Å². The lowest BCUT2D eigenvalue weighted by molar-refractivity contribution is 0.156. The van der Waals surface area contributed by atoms with Gasteiger partial charge in [-0.2, -0.15) is 0 Å². The van der Waals surface area contributed by atoms with Crippen LogP contribution in [0, 0.1) is 0 Å². The van der Waals surface area contributed by atoms with Gasteiger partial charge in [-0.25, -0.2) is 0 Å². The summed E-state index contributed by atoms with van der Waals surface area (Å²) >= 11 is 0. The molecule has 0 saturated carbocycles. The van der Waals surface area contributed by atoms with Crippen LogP contribution < -0.4 is 0 Å². The van der Waals surface area contributed by atoms with Crippen LogP contribution in [0.25, 0.3) is 0 Å². The quantitative estimate of drug-likeness (QED) is 0.605. The Bertz CT molecular complexity index is 259. The molecular formula is C9H11NO. The predicted molar refractivity (Wildman–Crippen MR) is 42.1 cm³/mol. The first-order valence-electron chi connectivity index (χ1n) is 3.99. The van der Waals surface area contributed by atoms with E-state index in [0.717, 1.165) is 24.8 Å². The van der Waals surface area contributed by atoms with Gasteiger partial charge in [0.1, 0.15) is 0 Å². The van der Waals surface area contributed by atoms with Crippen molar-refractivity contribution in [3.05, 3.63) is 29.6 Å². The molecule has 0 amide bonds. The number of rotatable bonds is 0. The molecule has 0 aromatic carbocycles. The van der Waals surface area contributed by atoms with Gasteiger partial charge in [0.05, 0.1) is 6.10 Å². The molecular weight excluding hydrogens is 138 g/mol. The highest BCUT2D eigenvalue weighted by Crippen LogP contribution is 2.27. The molecule has 2 nitrogen and oxygen atoms in total. The molecule has 2 heteroatoms. The summed E-state index contributed by atoms with van der Waals surface area (Å²) in [5, 5.41) is 9.52. The third-order valence-electron chi connectivity index (χ3n) is 2.23. The van der Waals surface area contributed by atoms with Gasteiger partial charge in [-0.1, -0.05) is 0 Å². The number of nitrogens with zero attached hydrogens (tertiary/aromatic N) is 1. The topological polar surface area (TPSA) is 33.1 Å². The van der Waals surface area contributed by atoms with Gasteiger partial charge in [0.2, 0.25) is 0 Å². The molecule has 58 valence electrons. The van der Waals surface area contributed by atoms with E-state index < -0.39 is 0 Å². The number of pyridine rings is 1. The SMILES string of the molecule is OC1CCCc2ccncc21. The second kappa shape index (κ2) is 2.62. The van der Waals surface area contributed by atoms with Crippen molar-refractivity contribution in [1.82, 2.24) is 4.98 Å². The zero-order valence-electron chi connectivity index (χ0n) is 6.33. The standard InChI is InChI=1S/C9H11NO/c11-9-3-1-2-7-4-5-10-6-8(7)9/h4-6,9,11H,1-3H2. The highest BCUT2D eigenvalue weighted by Gasteiger charge is 2.16. The highest BCUT2D eigenvalue weighted by molar-refractivity contribution is 5.27. The van der Waals surface area contributed by atoms with Crippen LogP contribution in [0.4, 0.5) is 0 Å². The summed E-state index contributed by atoms with van der Waals surface area (Å²) in [6.07, 6.45) is 6.37. The van der Waals surface area contributed by atoms with Crippen LogP contribution in [0.1, 0.15) is 30.1 Å². The molecule has 0 fully saturated rings. The van der Waals surface area contributed by atoms with E-state index in [2.05, 4.69) is 4.98 Å². The second-order valence-corrected chi connectivity index (χ2v) is 2.98. The van der Waals surface area contributed by atoms with Crippen molar-refractivity contribution >= 4 is 0 Å². The third kappa shape index (κ3) is 1.14. The van der Waals surface area contributed by atoms with Crippen molar-refractivity contribution in [2.24, 2.45) is 0 Å². The third-order valence-corrected chi connectivity index (χ3v) is 2.23. The fourth-order valence-corrected chi connectivity index (χ4v) is 1.60. The molecule has 1 heterocycles. The number of aryl methyl sites for hydroxylation is 1. The Morgan fingerprint density at radius 2 is 2.45 bits per heavy atom. The van der Waals surface area contributed by atoms with Crippen LogP contribution in [-0.4, -0.2) is 10.1 Å². The lowest BCUT2D eigenvalue weighted by Crippen LogP contribution is -2.08. The summed E-state index contributed by atoms with van der Waals surface area (Å²) in [7, 11) is 0. The average molecular weight is 149 g/mol. The smallest absolute Gasteiger partial charge is 0.0807 e. The molecule has 1 N–H and O–H groups in total. The van der Waals surface area contributed by atoms with Gasteiger partial charge >= 0.3 is 0 Å². The van der Waals surface area contributed by atoms with Gasteiger partial charge in [0, 0.05) is 18.0 Å². The zero-order valence-corrected chi connectivity index (χ0v) is 6.33. The van der Waals surface area contributed by atoms with Crippen LogP contribution in [0.15, 0.2) is 18.5 Å². The van der Waals surface area contributed by atoms with Crippen molar-refractivity contribution in [2.45, 2.75) is 25.4 Å². The lowest BCUT2D eigenvalue weighted by atomic mass is 9.91. The Labute approximate surface area is 65.9 Å². The van der Waals surface area contributed by atoms with Gasteiger partial charge in [-0.05, 0) is 30.9 Å². The maximum Gasteiger partial charge on any atom is 0.0807 e. The van der Waals surface area contributed by atoms with Crippen LogP contribution in [0.5, 0.6) is 0 Å². The van der Waals surface area contributed by atoms with Crippen molar-refractivity contribution in [3.8, 4) is 0 Å². The van der Waals surface area contributed by atoms with Crippen molar-refractivity contribution in [2.75, 3.05) is 0 Å². The van der Waals surface area contributed by atoms with Crippen molar-refractivity contribution < 1.29 is 5.11 Å². The fraction of sp³-hybridized carbons (Fsp3) is 0.444. The number of aliphatic hydroxyl groups excluding tert-OH is 1. The molecule has 0 aliphatic heterocycles. The highest BCUT2D eigenvalue weighted by atomic mass is 16.3. The molecule has 1 aromatic heterocycles. The molecule has 1 aromatic rings. The molecule has 0 radical (unpaired) electrons. The molecule has 1 unspecified atom stereocenters. The number of fused-ring (bicyclic) bond motifs is 1. The van der Waals surface area contributed by atoms with Gasteiger partial charge in [0.15, 0.2) is 0 Å². The summed E-state index contributed by atoms with van der Waals surface area (Å²) in [6.45, 7) is 0. The number of aliphatic hydroxyl groups is 1. The Morgan fingerprint density at radius 1 is 1.55 bits per heavy atom. The Kier molecular flexibility index (Phi) is 1.62. The van der Waals surface area contributed by atoms with Crippen molar-refractivity contribution in [1.29, 1.82) is 0 Å². The van der Waals surface area contributed by atoms with Crippen molar-refractivity contribution in [3.63, 3.8) is 0 Å². The Morgan fingerprint density at radius 3 is 3.27 bits per heavy atom. The molecule has 0 spiro atoms. The van der Waals surface area contributed by atoms with Gasteiger partial charge in [0.25, 0.3) is 0 Å².